The Labute approximate surface area is 242 Å². The van der Waals surface area contributed by atoms with Crippen molar-refractivity contribution >= 4 is 71.5 Å². The van der Waals surface area contributed by atoms with Gasteiger partial charge in [-0.05, 0) is 64.3 Å². The third-order valence-corrected chi connectivity index (χ3v) is 8.18. The molecule has 0 aromatic carbocycles. The van der Waals surface area contributed by atoms with Gasteiger partial charge in [0.25, 0.3) is 19.8 Å². The molecule has 0 spiro atoms. The number of amides is 2. The predicted molar refractivity (Wildman–Crippen MR) is 147 cm³/mol. The quantitative estimate of drug-likeness (QED) is 0.0743. The Bertz CT molecular complexity index is 1400. The number of fused-ring (bicyclic) bond motifs is 1. The summed E-state index contributed by atoms with van der Waals surface area (Å²) in [5, 5.41) is 18.1. The van der Waals surface area contributed by atoms with E-state index < -0.39 is 51.6 Å². The first kappa shape index (κ1) is 29.9. The smallest absolute Gasteiger partial charge is 0.353 e. The van der Waals surface area contributed by atoms with E-state index in [0.717, 1.165) is 11.5 Å². The van der Waals surface area contributed by atoms with Crippen LogP contribution in [0.4, 0.5) is 0 Å². The molecule has 1 saturated heterocycles. The average molecular weight is 612 g/mol. The minimum absolute atomic E-state index is 0.00325. The number of aromatic nitrogens is 6. The Morgan fingerprint density at radius 3 is 2.58 bits per heavy atom. The first-order chi connectivity index (χ1) is 18.6. The normalized spacial score (nSPS) is 21.6. The highest BCUT2D eigenvalue weighted by Gasteiger charge is 2.60. The molecule has 4 heterocycles. The number of halogens is 1. The maximum atomic E-state index is 13.4. The minimum Gasteiger partial charge on any atom is -0.614 e. The number of aryl methyl sites for hydroxylation is 1. The zero-order chi connectivity index (χ0) is 29.6. The van der Waals surface area contributed by atoms with E-state index in [4.69, 9.17) is 21.2 Å². The van der Waals surface area contributed by atoms with Gasteiger partial charge in [-0.25, -0.2) is 14.5 Å². The fourth-order valence-electron chi connectivity index (χ4n) is 3.73. The van der Waals surface area contributed by atoms with Crippen molar-refractivity contribution in [2.75, 3.05) is 11.6 Å². The summed E-state index contributed by atoms with van der Waals surface area (Å²) in [6.45, 7) is 9.66. The molecule has 1 unspecified atom stereocenters. The van der Waals surface area contributed by atoms with E-state index in [1.165, 1.54) is 23.5 Å². The van der Waals surface area contributed by atoms with Crippen molar-refractivity contribution in [1.82, 2.24) is 39.7 Å². The van der Waals surface area contributed by atoms with Crippen LogP contribution in [-0.2, 0) is 35.1 Å². The standard InChI is InChI=1S/C21H27BClN9O6S2/c1-9-24-14(29-39-9)11(28-38-21(5,6)19(35)37-20(2,3)4)16(33)25-12-17(34)31-13(15-26-30-32(22)27-15)10(7-23)8-40(36)18(12)31/h12,18H,7-8,22H2,1-6H3,(H,25,33)/b28-11-/t12-,18-,40?/m1/s1. The lowest BCUT2D eigenvalue weighted by atomic mass is 10.0. The Morgan fingerprint density at radius 2 is 2.02 bits per heavy atom. The van der Waals surface area contributed by atoms with Gasteiger partial charge in [0.05, 0.1) is 5.88 Å². The van der Waals surface area contributed by atoms with E-state index in [-0.39, 0.29) is 29.0 Å². The highest BCUT2D eigenvalue weighted by atomic mass is 35.5. The van der Waals surface area contributed by atoms with Gasteiger partial charge >= 0.3 is 5.97 Å². The number of ether oxygens (including phenoxy) is 1. The van der Waals surface area contributed by atoms with Crippen LogP contribution in [0.15, 0.2) is 10.7 Å². The molecule has 0 bridgehead atoms. The van der Waals surface area contributed by atoms with Crippen LogP contribution in [0.2, 0.25) is 0 Å². The fourth-order valence-corrected chi connectivity index (χ4v) is 6.22. The minimum atomic E-state index is -1.60. The molecule has 3 atom stereocenters. The molecule has 1 fully saturated rings. The Balaban J connectivity index is 1.59. The van der Waals surface area contributed by atoms with Crippen LogP contribution in [-0.4, -0.2) is 105 Å². The maximum absolute atomic E-state index is 13.4. The highest BCUT2D eigenvalue weighted by molar-refractivity contribution is 7.92. The van der Waals surface area contributed by atoms with Crippen molar-refractivity contribution in [2.24, 2.45) is 5.16 Å². The van der Waals surface area contributed by atoms with Crippen LogP contribution in [0.1, 0.15) is 51.3 Å². The van der Waals surface area contributed by atoms with Crippen LogP contribution >= 0.6 is 23.1 Å². The van der Waals surface area contributed by atoms with E-state index in [2.05, 4.69) is 35.2 Å². The SMILES string of the molecule is Bn1nnc(C2=C(CCl)C[S+]([O-])[C@@H]3[C@H](NC(=O)/C(=N\OC(C)(C)C(=O)OC(C)(C)C)c4nsc(C)n4)C(=O)N23)n1. The molecule has 15 nitrogen and oxygen atoms in total. The fraction of sp³-hybridized carbons (Fsp3) is 0.571. The number of nitrogens with one attached hydrogen (secondary N) is 1. The number of nitrogens with zero attached hydrogens (tertiary/aromatic N) is 8. The molecule has 40 heavy (non-hydrogen) atoms. The Morgan fingerprint density at radius 1 is 1.32 bits per heavy atom. The molecule has 1 N–H and O–H groups in total. The summed E-state index contributed by atoms with van der Waals surface area (Å²) in [4.78, 5) is 50.2. The second-order valence-corrected chi connectivity index (χ2v) is 13.2. The molecule has 0 saturated carbocycles. The molecule has 214 valence electrons. The lowest BCUT2D eigenvalue weighted by Gasteiger charge is -2.49. The number of alkyl halides is 1. The van der Waals surface area contributed by atoms with Crippen molar-refractivity contribution in [3.05, 3.63) is 22.2 Å². The van der Waals surface area contributed by atoms with Crippen LogP contribution in [0.3, 0.4) is 0 Å². The molecular formula is C21H27BClN9O6S2. The van der Waals surface area contributed by atoms with E-state index in [1.54, 1.807) is 35.7 Å². The molecule has 2 amide bonds. The van der Waals surface area contributed by atoms with Crippen LogP contribution in [0, 0.1) is 6.92 Å². The second-order valence-electron chi connectivity index (χ2n) is 10.4. The van der Waals surface area contributed by atoms with Gasteiger partial charge in [0.1, 0.15) is 22.1 Å². The Hall–Kier alpha value is -3.09. The van der Waals surface area contributed by atoms with Crippen LogP contribution in [0.5, 0.6) is 0 Å². The molecule has 2 aromatic heterocycles. The number of hydrogen-bond donors (Lipinski definition) is 1. The monoisotopic (exact) mass is 611 g/mol. The van der Waals surface area contributed by atoms with Crippen molar-refractivity contribution in [3.63, 3.8) is 0 Å². The van der Waals surface area contributed by atoms with Gasteiger partial charge in [0.15, 0.2) is 6.04 Å². The number of oxime groups is 1. The first-order valence-electron chi connectivity index (χ1n) is 12.0. The van der Waals surface area contributed by atoms with Gasteiger partial charge in [-0.2, -0.15) is 4.37 Å². The van der Waals surface area contributed by atoms with Gasteiger partial charge in [-0.1, -0.05) is 10.4 Å². The van der Waals surface area contributed by atoms with Crippen molar-refractivity contribution in [2.45, 2.75) is 64.2 Å². The van der Waals surface area contributed by atoms with Crippen molar-refractivity contribution in [3.8, 4) is 0 Å². The number of carbonyl (C=O) groups is 3. The number of hydrogen-bond acceptors (Lipinski definition) is 13. The summed E-state index contributed by atoms with van der Waals surface area (Å²) >= 11 is 5.51. The number of β-lactam (4-membered cyclic amide) rings is 1. The number of tetrazole rings is 1. The molecule has 0 aliphatic carbocycles. The van der Waals surface area contributed by atoms with Gasteiger partial charge in [0, 0.05) is 5.57 Å². The second kappa shape index (κ2) is 11.1. The zero-order valence-corrected chi connectivity index (χ0v) is 25.2. The number of rotatable bonds is 8. The number of carbonyl (C=O) groups excluding carboxylic acids is 3. The van der Waals surface area contributed by atoms with Gasteiger partial charge < -0.3 is 19.4 Å². The summed E-state index contributed by atoms with van der Waals surface area (Å²) in [7, 11) is 1.57. The van der Waals surface area contributed by atoms with E-state index in [0.29, 0.717) is 16.3 Å². The molecule has 19 heteroatoms. The molecule has 4 rings (SSSR count). The third-order valence-electron chi connectivity index (χ3n) is 5.58. The van der Waals surface area contributed by atoms with E-state index in [9.17, 15) is 18.9 Å². The lowest BCUT2D eigenvalue weighted by molar-refractivity contribution is -0.179. The lowest BCUT2D eigenvalue weighted by Crippen LogP contribution is -2.74. The van der Waals surface area contributed by atoms with E-state index >= 15 is 0 Å². The maximum Gasteiger partial charge on any atom is 0.353 e. The molecule has 2 aliphatic rings. The summed E-state index contributed by atoms with van der Waals surface area (Å²) in [5.74, 6) is -1.97. The molecule has 2 aliphatic heterocycles. The van der Waals surface area contributed by atoms with Crippen molar-refractivity contribution < 1.29 is 28.5 Å². The summed E-state index contributed by atoms with van der Waals surface area (Å²) < 4.78 is 23.8. The molecule has 2 aromatic rings. The average Bonchev–Trinajstić information content (AvgIpc) is 3.48. The van der Waals surface area contributed by atoms with Crippen molar-refractivity contribution in [1.29, 1.82) is 0 Å². The highest BCUT2D eigenvalue weighted by Crippen LogP contribution is 2.40. The largest absolute Gasteiger partial charge is 0.614 e. The molecular weight excluding hydrogens is 585 g/mol. The summed E-state index contributed by atoms with van der Waals surface area (Å²) in [5.41, 5.74) is -1.89. The topological polar surface area (TPSA) is 190 Å². The van der Waals surface area contributed by atoms with Crippen LogP contribution < -0.4 is 5.32 Å². The summed E-state index contributed by atoms with van der Waals surface area (Å²) in [6, 6.07) is -1.17. The summed E-state index contributed by atoms with van der Waals surface area (Å²) in [6.07, 6.45) is 0. The molecule has 0 radical (unpaired) electrons. The van der Waals surface area contributed by atoms with Crippen LogP contribution in [0.25, 0.3) is 5.70 Å². The van der Waals surface area contributed by atoms with Gasteiger partial charge in [-0.3, -0.25) is 14.5 Å². The zero-order valence-electron chi connectivity index (χ0n) is 22.8. The Kier molecular flexibility index (Phi) is 8.26. The first-order valence-corrected chi connectivity index (χ1v) is 14.7. The van der Waals surface area contributed by atoms with Gasteiger partial charge in [0.2, 0.25) is 28.3 Å². The number of esters is 1. The van der Waals surface area contributed by atoms with E-state index in [1.807, 2.05) is 0 Å². The predicted octanol–water partition coefficient (Wildman–Crippen LogP) is -0.864. The van der Waals surface area contributed by atoms with Gasteiger partial charge in [-0.15, -0.1) is 21.8 Å². The third kappa shape index (κ3) is 5.99.